The third kappa shape index (κ3) is 2.59. The summed E-state index contributed by atoms with van der Waals surface area (Å²) in [5.74, 6) is 0. The molecular weight excluding hydrogens is 362 g/mol. The first-order valence-electron chi connectivity index (χ1n) is 6.89. The number of sulfonamides is 1. The van der Waals surface area contributed by atoms with Crippen molar-refractivity contribution in [3.8, 4) is 0 Å². The van der Waals surface area contributed by atoms with Crippen molar-refractivity contribution in [2.24, 2.45) is 0 Å². The summed E-state index contributed by atoms with van der Waals surface area (Å²) in [6.07, 6.45) is 4.19. The van der Waals surface area contributed by atoms with Crippen LogP contribution in [0.1, 0.15) is 31.2 Å². The van der Waals surface area contributed by atoms with Crippen LogP contribution in [-0.4, -0.2) is 38.0 Å². The number of hydrogen-bond donors (Lipinski definition) is 0. The van der Waals surface area contributed by atoms with Crippen LogP contribution in [0.2, 0.25) is 0 Å². The second-order valence-corrected chi connectivity index (χ2v) is 9.89. The van der Waals surface area contributed by atoms with Crippen LogP contribution in [0.4, 0.5) is 0 Å². The summed E-state index contributed by atoms with van der Waals surface area (Å²) < 4.78 is 34.5. The van der Waals surface area contributed by atoms with Gasteiger partial charge in [0, 0.05) is 6.54 Å². The maximum absolute atomic E-state index is 12.9. The number of thiophene rings is 1. The molecule has 7 heteroatoms. The Balaban J connectivity index is 1.93. The molecule has 112 valence electrons. The van der Waals surface area contributed by atoms with E-state index in [0.29, 0.717) is 17.4 Å². The van der Waals surface area contributed by atoms with Crippen LogP contribution in [0, 0.1) is 6.92 Å². The standard InChI is InChI=1S/C13H18BrNO3S2/c1-9-8-12(19-13(9)14)20(16,17)15-6-7-18-11-5-3-2-4-10(11)15/h8,10-11H,2-7H2,1H3. The van der Waals surface area contributed by atoms with Gasteiger partial charge in [0.1, 0.15) is 4.21 Å². The van der Waals surface area contributed by atoms with E-state index in [0.717, 1.165) is 35.0 Å². The molecule has 4 nitrogen and oxygen atoms in total. The summed E-state index contributed by atoms with van der Waals surface area (Å²) in [5.41, 5.74) is 0.974. The number of hydrogen-bond acceptors (Lipinski definition) is 4. The summed E-state index contributed by atoms with van der Waals surface area (Å²) >= 11 is 4.71. The SMILES string of the molecule is Cc1cc(S(=O)(=O)N2CCOC3CCCCC32)sc1Br. The fraction of sp³-hybridized carbons (Fsp3) is 0.692. The van der Waals surface area contributed by atoms with Gasteiger partial charge in [-0.25, -0.2) is 8.42 Å². The predicted molar refractivity (Wildman–Crippen MR) is 82.6 cm³/mol. The molecule has 1 saturated carbocycles. The molecule has 0 radical (unpaired) electrons. The number of morpholine rings is 1. The smallest absolute Gasteiger partial charge is 0.253 e. The minimum atomic E-state index is -3.39. The third-order valence-electron chi connectivity index (χ3n) is 4.08. The van der Waals surface area contributed by atoms with Gasteiger partial charge in [-0.05, 0) is 47.3 Å². The lowest BCUT2D eigenvalue weighted by Gasteiger charge is -2.42. The van der Waals surface area contributed by atoms with Crippen LogP contribution >= 0.6 is 27.3 Å². The molecule has 2 fully saturated rings. The Hall–Kier alpha value is 0.0500. The molecule has 2 aliphatic rings. The molecule has 1 aromatic rings. The highest BCUT2D eigenvalue weighted by atomic mass is 79.9. The second-order valence-electron chi connectivity index (χ2n) is 5.40. The molecule has 0 amide bonds. The molecule has 0 spiro atoms. The highest BCUT2D eigenvalue weighted by molar-refractivity contribution is 9.11. The van der Waals surface area contributed by atoms with Gasteiger partial charge in [-0.3, -0.25) is 0 Å². The van der Waals surface area contributed by atoms with Gasteiger partial charge in [0.15, 0.2) is 0 Å². The molecule has 2 unspecified atom stereocenters. The monoisotopic (exact) mass is 379 g/mol. The molecule has 1 aromatic heterocycles. The van der Waals surface area contributed by atoms with Crippen LogP contribution in [-0.2, 0) is 14.8 Å². The molecule has 2 heterocycles. The van der Waals surface area contributed by atoms with E-state index in [2.05, 4.69) is 15.9 Å². The molecule has 1 saturated heterocycles. The molecule has 3 rings (SSSR count). The maximum Gasteiger partial charge on any atom is 0.253 e. The quantitative estimate of drug-likeness (QED) is 0.792. The molecule has 1 aliphatic carbocycles. The number of aryl methyl sites for hydroxylation is 1. The number of ether oxygens (including phenoxy) is 1. The zero-order chi connectivity index (χ0) is 14.3. The first-order chi connectivity index (χ1) is 9.50. The Kier molecular flexibility index (Phi) is 4.25. The van der Waals surface area contributed by atoms with Crippen molar-refractivity contribution in [2.75, 3.05) is 13.2 Å². The van der Waals surface area contributed by atoms with Crippen molar-refractivity contribution < 1.29 is 13.2 Å². The summed E-state index contributed by atoms with van der Waals surface area (Å²) in [4.78, 5) is 0. The Morgan fingerprint density at radius 3 is 2.85 bits per heavy atom. The first kappa shape index (κ1) is 15.0. The van der Waals surface area contributed by atoms with E-state index < -0.39 is 10.0 Å². The van der Waals surface area contributed by atoms with Crippen LogP contribution in [0.25, 0.3) is 0 Å². The predicted octanol–water partition coefficient (Wildman–Crippen LogP) is 3.15. The fourth-order valence-corrected chi connectivity index (χ4v) is 7.05. The Labute approximate surface area is 132 Å². The van der Waals surface area contributed by atoms with Gasteiger partial charge in [0.05, 0.1) is 22.5 Å². The van der Waals surface area contributed by atoms with E-state index >= 15 is 0 Å². The van der Waals surface area contributed by atoms with Crippen LogP contribution in [0.15, 0.2) is 14.1 Å². The highest BCUT2D eigenvalue weighted by Crippen LogP contribution is 2.36. The van der Waals surface area contributed by atoms with Crippen molar-refractivity contribution in [3.63, 3.8) is 0 Å². The molecule has 0 bridgehead atoms. The molecule has 1 aliphatic heterocycles. The van der Waals surface area contributed by atoms with Crippen molar-refractivity contribution in [2.45, 2.75) is 49.0 Å². The van der Waals surface area contributed by atoms with E-state index in [1.807, 2.05) is 6.92 Å². The summed E-state index contributed by atoms with van der Waals surface area (Å²) in [6.45, 7) is 2.90. The summed E-state index contributed by atoms with van der Waals surface area (Å²) in [7, 11) is -3.39. The van der Waals surface area contributed by atoms with Crippen LogP contribution < -0.4 is 0 Å². The molecule has 20 heavy (non-hydrogen) atoms. The largest absolute Gasteiger partial charge is 0.375 e. The lowest BCUT2D eigenvalue weighted by molar-refractivity contribution is -0.0585. The summed E-state index contributed by atoms with van der Waals surface area (Å²) in [5, 5.41) is 0. The zero-order valence-electron chi connectivity index (χ0n) is 11.3. The highest BCUT2D eigenvalue weighted by Gasteiger charge is 2.41. The summed E-state index contributed by atoms with van der Waals surface area (Å²) in [6, 6.07) is 1.78. The van der Waals surface area contributed by atoms with E-state index in [1.165, 1.54) is 11.3 Å². The Morgan fingerprint density at radius 2 is 2.15 bits per heavy atom. The fourth-order valence-electron chi connectivity index (χ4n) is 3.03. The van der Waals surface area contributed by atoms with Crippen molar-refractivity contribution in [3.05, 3.63) is 15.4 Å². The van der Waals surface area contributed by atoms with Crippen molar-refractivity contribution >= 4 is 37.3 Å². The van der Waals surface area contributed by atoms with Crippen molar-refractivity contribution in [1.82, 2.24) is 4.31 Å². The maximum atomic E-state index is 12.9. The topological polar surface area (TPSA) is 46.6 Å². The third-order valence-corrected chi connectivity index (χ3v) is 8.59. The van der Waals surface area contributed by atoms with E-state index in [4.69, 9.17) is 4.74 Å². The lowest BCUT2D eigenvalue weighted by Crippen LogP contribution is -2.54. The van der Waals surface area contributed by atoms with Crippen molar-refractivity contribution in [1.29, 1.82) is 0 Å². The number of fused-ring (bicyclic) bond motifs is 1. The van der Waals surface area contributed by atoms with Gasteiger partial charge in [0.25, 0.3) is 10.0 Å². The van der Waals surface area contributed by atoms with Gasteiger partial charge in [-0.15, -0.1) is 11.3 Å². The normalized spacial score (nSPS) is 28.3. The lowest BCUT2D eigenvalue weighted by atomic mass is 9.91. The Morgan fingerprint density at radius 1 is 1.40 bits per heavy atom. The van der Waals surface area contributed by atoms with Gasteiger partial charge in [0.2, 0.25) is 0 Å². The van der Waals surface area contributed by atoms with Gasteiger partial charge < -0.3 is 4.74 Å². The molecular formula is C13H18BrNO3S2. The van der Waals surface area contributed by atoms with Crippen LogP contribution in [0.5, 0.6) is 0 Å². The minimum Gasteiger partial charge on any atom is -0.375 e. The molecule has 2 atom stereocenters. The Bertz CT molecular complexity index is 577. The van der Waals surface area contributed by atoms with Gasteiger partial charge in [-0.2, -0.15) is 4.31 Å². The van der Waals surface area contributed by atoms with E-state index in [9.17, 15) is 8.42 Å². The zero-order valence-corrected chi connectivity index (χ0v) is 14.6. The second kappa shape index (κ2) is 5.68. The number of rotatable bonds is 2. The number of nitrogens with zero attached hydrogens (tertiary/aromatic N) is 1. The average Bonchev–Trinajstić information content (AvgIpc) is 2.79. The van der Waals surface area contributed by atoms with E-state index in [1.54, 1.807) is 10.4 Å². The molecule has 0 aromatic carbocycles. The van der Waals surface area contributed by atoms with Crippen LogP contribution in [0.3, 0.4) is 0 Å². The number of halogens is 1. The average molecular weight is 380 g/mol. The minimum absolute atomic E-state index is 0.0173. The van der Waals surface area contributed by atoms with Gasteiger partial charge >= 0.3 is 0 Å². The van der Waals surface area contributed by atoms with Gasteiger partial charge in [-0.1, -0.05) is 12.8 Å². The first-order valence-corrected chi connectivity index (χ1v) is 9.94. The molecule has 0 N–H and O–H groups in total. The van der Waals surface area contributed by atoms with E-state index in [-0.39, 0.29) is 12.1 Å².